The zero-order valence-corrected chi connectivity index (χ0v) is 14.9. The second-order valence-corrected chi connectivity index (χ2v) is 6.48. The molecule has 0 saturated carbocycles. The van der Waals surface area contributed by atoms with Gasteiger partial charge >= 0.3 is 0 Å². The van der Waals surface area contributed by atoms with Crippen molar-refractivity contribution in [2.75, 3.05) is 19.0 Å². The van der Waals surface area contributed by atoms with Crippen molar-refractivity contribution < 1.29 is 14.3 Å². The number of anilines is 1. The molecule has 1 N–H and O–H groups in total. The fourth-order valence-electron chi connectivity index (χ4n) is 2.57. The molecular formula is C20H19NO3S. The molecule has 4 nitrogen and oxygen atoms in total. The summed E-state index contributed by atoms with van der Waals surface area (Å²) in [6.07, 6.45) is 7.10. The van der Waals surface area contributed by atoms with Crippen LogP contribution in [0.4, 0.5) is 5.69 Å². The number of hydrogen-bond donors (Lipinski definition) is 1. The van der Waals surface area contributed by atoms with Gasteiger partial charge < -0.3 is 14.8 Å². The zero-order valence-electron chi connectivity index (χ0n) is 14.1. The summed E-state index contributed by atoms with van der Waals surface area (Å²) in [5.74, 6) is 0.533. The predicted octanol–water partition coefficient (Wildman–Crippen LogP) is 4.73. The molecule has 0 saturated heterocycles. The second-order valence-electron chi connectivity index (χ2n) is 5.51. The van der Waals surface area contributed by atoms with Crippen molar-refractivity contribution in [3.05, 3.63) is 70.1 Å². The Morgan fingerprint density at radius 2 is 2.24 bits per heavy atom. The summed E-state index contributed by atoms with van der Waals surface area (Å²) in [5.41, 5.74) is 3.79. The average Bonchev–Trinajstić information content (AvgIpc) is 3.14. The summed E-state index contributed by atoms with van der Waals surface area (Å²) >= 11 is 1.59. The van der Waals surface area contributed by atoms with Crippen LogP contribution in [0.25, 0.3) is 11.6 Å². The number of amides is 1. The first-order valence-corrected chi connectivity index (χ1v) is 8.75. The Morgan fingerprint density at radius 3 is 2.96 bits per heavy atom. The van der Waals surface area contributed by atoms with Gasteiger partial charge in [0.2, 0.25) is 5.91 Å². The molecule has 5 heteroatoms. The van der Waals surface area contributed by atoms with Gasteiger partial charge in [-0.15, -0.1) is 11.3 Å². The highest BCUT2D eigenvalue weighted by molar-refractivity contribution is 7.10. The van der Waals surface area contributed by atoms with Crippen LogP contribution in [-0.4, -0.2) is 19.6 Å². The summed E-state index contributed by atoms with van der Waals surface area (Å²) in [7, 11) is 1.63. The van der Waals surface area contributed by atoms with E-state index >= 15 is 0 Å². The van der Waals surface area contributed by atoms with Gasteiger partial charge in [-0.1, -0.05) is 6.07 Å². The maximum atomic E-state index is 12.1. The number of allylic oxidation sites excluding steroid dienone is 2. The molecule has 1 amide bonds. The van der Waals surface area contributed by atoms with Crippen molar-refractivity contribution in [3.63, 3.8) is 0 Å². The molecule has 25 heavy (non-hydrogen) atoms. The summed E-state index contributed by atoms with van der Waals surface area (Å²) in [4.78, 5) is 13.1. The topological polar surface area (TPSA) is 47.6 Å². The van der Waals surface area contributed by atoms with Gasteiger partial charge in [-0.3, -0.25) is 4.79 Å². The molecule has 0 bridgehead atoms. The lowest BCUT2D eigenvalue weighted by Crippen LogP contribution is -2.08. The maximum absolute atomic E-state index is 12.1. The molecule has 0 unspecified atom stereocenters. The van der Waals surface area contributed by atoms with Gasteiger partial charge in [0.25, 0.3) is 0 Å². The first-order valence-electron chi connectivity index (χ1n) is 7.87. The third-order valence-corrected chi connectivity index (χ3v) is 4.61. The summed E-state index contributed by atoms with van der Waals surface area (Å²) in [6, 6.07) is 9.57. The third kappa shape index (κ3) is 4.19. The van der Waals surface area contributed by atoms with E-state index in [1.165, 1.54) is 6.08 Å². The van der Waals surface area contributed by atoms with E-state index in [4.69, 9.17) is 9.47 Å². The van der Waals surface area contributed by atoms with Crippen LogP contribution in [0.2, 0.25) is 0 Å². The maximum Gasteiger partial charge on any atom is 0.248 e. The monoisotopic (exact) mass is 353 g/mol. The van der Waals surface area contributed by atoms with Gasteiger partial charge in [-0.2, -0.15) is 0 Å². The number of benzene rings is 1. The van der Waals surface area contributed by atoms with Gasteiger partial charge in [-0.25, -0.2) is 0 Å². The summed E-state index contributed by atoms with van der Waals surface area (Å²) in [5, 5.41) is 4.84. The SMILES string of the molecule is COc1cc(NC(=O)C=Cc2cccs2)ccc1C1=CCOC=C1C. The van der Waals surface area contributed by atoms with Gasteiger partial charge in [0.05, 0.1) is 13.4 Å². The largest absolute Gasteiger partial charge is 0.497 e. The van der Waals surface area contributed by atoms with Crippen molar-refractivity contribution in [2.45, 2.75) is 6.92 Å². The number of thiophene rings is 1. The lowest BCUT2D eigenvalue weighted by Gasteiger charge is -2.17. The Hall–Kier alpha value is -2.79. The third-order valence-electron chi connectivity index (χ3n) is 3.77. The van der Waals surface area contributed by atoms with Gasteiger partial charge in [-0.05, 0) is 53.8 Å². The molecule has 2 aromatic rings. The van der Waals surface area contributed by atoms with E-state index < -0.39 is 0 Å². The zero-order chi connectivity index (χ0) is 17.6. The first kappa shape index (κ1) is 17.0. The van der Waals surface area contributed by atoms with E-state index in [2.05, 4.69) is 5.32 Å². The molecule has 1 aromatic carbocycles. The minimum atomic E-state index is -0.176. The fraction of sp³-hybridized carbons (Fsp3) is 0.150. The molecule has 1 aromatic heterocycles. The van der Waals surface area contributed by atoms with Crippen LogP contribution in [0.5, 0.6) is 5.75 Å². The van der Waals surface area contributed by atoms with E-state index in [1.54, 1.807) is 30.8 Å². The number of methoxy groups -OCH3 is 1. The standard InChI is InChI=1S/C20H19NO3S/c1-14-13-24-10-9-17(14)18-7-5-15(12-19(18)23-2)21-20(22)8-6-16-4-3-11-25-16/h3-9,11-13H,10H2,1-2H3,(H,21,22). The average molecular weight is 353 g/mol. The quantitative estimate of drug-likeness (QED) is 0.791. The molecule has 1 aliphatic rings. The second kappa shape index (κ2) is 7.85. The fourth-order valence-corrected chi connectivity index (χ4v) is 3.19. The first-order chi connectivity index (χ1) is 12.2. The Morgan fingerprint density at radius 1 is 1.36 bits per heavy atom. The Bertz CT molecular complexity index is 848. The van der Waals surface area contributed by atoms with Crippen LogP contribution >= 0.6 is 11.3 Å². The number of hydrogen-bond acceptors (Lipinski definition) is 4. The Labute approximate surface area is 151 Å². The predicted molar refractivity (Wildman–Crippen MR) is 103 cm³/mol. The van der Waals surface area contributed by atoms with Crippen molar-refractivity contribution in [2.24, 2.45) is 0 Å². The van der Waals surface area contributed by atoms with E-state index in [1.807, 2.05) is 48.7 Å². The Balaban J connectivity index is 1.76. The number of nitrogens with one attached hydrogen (secondary N) is 1. The van der Waals surface area contributed by atoms with Crippen molar-refractivity contribution in [3.8, 4) is 5.75 Å². The normalized spacial score (nSPS) is 13.8. The lowest BCUT2D eigenvalue weighted by atomic mass is 9.97. The minimum absolute atomic E-state index is 0.176. The molecule has 0 aliphatic carbocycles. The minimum Gasteiger partial charge on any atom is -0.497 e. The van der Waals surface area contributed by atoms with Gasteiger partial charge in [0.15, 0.2) is 0 Å². The molecule has 0 spiro atoms. The van der Waals surface area contributed by atoms with Crippen molar-refractivity contribution in [1.29, 1.82) is 0 Å². The van der Waals surface area contributed by atoms with Gasteiger partial charge in [0.1, 0.15) is 12.4 Å². The van der Waals surface area contributed by atoms with Gasteiger partial charge in [0, 0.05) is 28.3 Å². The van der Waals surface area contributed by atoms with Crippen LogP contribution in [0.3, 0.4) is 0 Å². The van der Waals surface area contributed by atoms with E-state index in [0.717, 1.165) is 21.6 Å². The highest BCUT2D eigenvalue weighted by Gasteiger charge is 2.14. The van der Waals surface area contributed by atoms with Crippen LogP contribution in [0, 0.1) is 0 Å². The molecule has 0 fully saturated rings. The highest BCUT2D eigenvalue weighted by Crippen LogP contribution is 2.34. The molecule has 0 atom stereocenters. The molecule has 128 valence electrons. The van der Waals surface area contributed by atoms with E-state index in [9.17, 15) is 4.79 Å². The molecule has 2 heterocycles. The Kier molecular flexibility index (Phi) is 5.36. The van der Waals surface area contributed by atoms with Crippen LogP contribution in [0.1, 0.15) is 17.4 Å². The molecule has 1 aliphatic heterocycles. The van der Waals surface area contributed by atoms with Crippen LogP contribution in [-0.2, 0) is 9.53 Å². The van der Waals surface area contributed by atoms with Crippen molar-refractivity contribution >= 4 is 34.6 Å². The van der Waals surface area contributed by atoms with E-state index in [0.29, 0.717) is 18.0 Å². The van der Waals surface area contributed by atoms with E-state index in [-0.39, 0.29) is 5.91 Å². The molecule has 0 radical (unpaired) electrons. The van der Waals surface area contributed by atoms with Crippen LogP contribution < -0.4 is 10.1 Å². The van der Waals surface area contributed by atoms with Crippen molar-refractivity contribution in [1.82, 2.24) is 0 Å². The molecular weight excluding hydrogens is 334 g/mol. The number of rotatable bonds is 5. The smallest absolute Gasteiger partial charge is 0.248 e. The summed E-state index contributed by atoms with van der Waals surface area (Å²) in [6.45, 7) is 2.54. The molecule has 3 rings (SSSR count). The number of ether oxygens (including phenoxy) is 2. The number of carbonyl (C=O) groups is 1. The lowest BCUT2D eigenvalue weighted by molar-refractivity contribution is -0.111. The van der Waals surface area contributed by atoms with Crippen LogP contribution in [0.15, 0.2) is 59.7 Å². The summed E-state index contributed by atoms with van der Waals surface area (Å²) < 4.78 is 10.8. The number of carbonyl (C=O) groups excluding carboxylic acids is 1. The highest BCUT2D eigenvalue weighted by atomic mass is 32.1.